The first-order valence-electron chi connectivity index (χ1n) is 15.8. The summed E-state index contributed by atoms with van der Waals surface area (Å²) in [6.45, 7) is 4.37. The molecule has 46 heavy (non-hydrogen) atoms. The van der Waals surface area contributed by atoms with E-state index in [0.29, 0.717) is 22.3 Å². The third-order valence-corrected chi connectivity index (χ3v) is 10.3. The Morgan fingerprint density at radius 1 is 0.565 bits per heavy atom. The zero-order chi connectivity index (χ0) is 31.6. The van der Waals surface area contributed by atoms with Crippen molar-refractivity contribution < 1.29 is 10.2 Å². The van der Waals surface area contributed by atoms with Crippen molar-refractivity contribution in [1.29, 1.82) is 0 Å². The number of rotatable bonds is 10. The molecule has 4 aromatic heterocycles. The van der Waals surface area contributed by atoms with Crippen LogP contribution in [0.15, 0.2) is 85.2 Å². The Labute approximate surface area is 276 Å². The van der Waals surface area contributed by atoms with E-state index < -0.39 is 0 Å². The first kappa shape index (κ1) is 30.0. The van der Waals surface area contributed by atoms with Gasteiger partial charge in [0, 0.05) is 23.5 Å². The standard InChI is InChI=1S/C38H34N4O2S2/c1-3-5-11-23-19-25(29-13-7-9-17-39-29)35(43)27(21-23)37-41-33-31(45-37)15-16-32-34(33)42-38(46-32)28-22-24(12-6-4-2)20-26(36(28)44)30-14-8-10-18-40-30/h7-10,13-22,43-44H,3-6,11-12H2,1-2H3. The number of phenols is 2. The van der Waals surface area contributed by atoms with Crippen LogP contribution in [0.25, 0.3) is 64.1 Å². The van der Waals surface area contributed by atoms with E-state index >= 15 is 0 Å². The monoisotopic (exact) mass is 642 g/mol. The minimum atomic E-state index is 0.184. The molecule has 2 N–H and O–H groups in total. The molecule has 0 saturated carbocycles. The zero-order valence-electron chi connectivity index (χ0n) is 25.8. The van der Waals surface area contributed by atoms with Gasteiger partial charge in [-0.3, -0.25) is 9.97 Å². The number of pyridine rings is 2. The fourth-order valence-corrected chi connectivity index (χ4v) is 7.78. The molecule has 0 fully saturated rings. The van der Waals surface area contributed by atoms with Crippen LogP contribution in [0.2, 0.25) is 0 Å². The van der Waals surface area contributed by atoms with Crippen LogP contribution < -0.4 is 0 Å². The Balaban J connectivity index is 1.36. The minimum Gasteiger partial charge on any atom is -0.507 e. The molecule has 0 unspecified atom stereocenters. The van der Waals surface area contributed by atoms with E-state index in [0.717, 1.165) is 91.5 Å². The summed E-state index contributed by atoms with van der Waals surface area (Å²) in [5, 5.41) is 24.6. The van der Waals surface area contributed by atoms with Gasteiger partial charge in [0.1, 0.15) is 32.5 Å². The van der Waals surface area contributed by atoms with Gasteiger partial charge in [-0.05, 0) is 97.5 Å². The normalized spacial score (nSPS) is 11.5. The topological polar surface area (TPSA) is 92.0 Å². The molecule has 3 aromatic carbocycles. The molecule has 7 aromatic rings. The maximum Gasteiger partial charge on any atom is 0.135 e. The number of thiazole rings is 2. The van der Waals surface area contributed by atoms with Crippen molar-refractivity contribution in [3.8, 4) is 55.2 Å². The quantitative estimate of drug-likeness (QED) is 0.154. The molecule has 0 aliphatic rings. The Hall–Kier alpha value is -4.66. The van der Waals surface area contributed by atoms with Crippen LogP contribution in [0.5, 0.6) is 11.5 Å². The maximum atomic E-state index is 11.6. The largest absolute Gasteiger partial charge is 0.507 e. The van der Waals surface area contributed by atoms with Gasteiger partial charge >= 0.3 is 0 Å². The summed E-state index contributed by atoms with van der Waals surface area (Å²) < 4.78 is 1.99. The molecule has 0 atom stereocenters. The van der Waals surface area contributed by atoms with Crippen molar-refractivity contribution in [3.05, 3.63) is 96.3 Å². The van der Waals surface area contributed by atoms with E-state index in [1.54, 1.807) is 35.1 Å². The van der Waals surface area contributed by atoms with E-state index in [1.165, 1.54) is 0 Å². The molecule has 230 valence electrons. The van der Waals surface area contributed by atoms with Crippen molar-refractivity contribution in [2.45, 2.75) is 52.4 Å². The van der Waals surface area contributed by atoms with Crippen molar-refractivity contribution in [2.24, 2.45) is 0 Å². The lowest BCUT2D eigenvalue weighted by Crippen LogP contribution is -1.92. The molecule has 0 bridgehead atoms. The summed E-state index contributed by atoms with van der Waals surface area (Å²) in [4.78, 5) is 19.2. The number of unbranched alkanes of at least 4 members (excludes halogenated alkanes) is 2. The van der Waals surface area contributed by atoms with E-state index in [9.17, 15) is 10.2 Å². The number of hydrogen-bond donors (Lipinski definition) is 2. The van der Waals surface area contributed by atoms with Crippen LogP contribution in [0.3, 0.4) is 0 Å². The average Bonchev–Trinajstić information content (AvgIpc) is 3.73. The van der Waals surface area contributed by atoms with Gasteiger partial charge in [-0.25, -0.2) is 9.97 Å². The highest BCUT2D eigenvalue weighted by Gasteiger charge is 2.21. The Morgan fingerprint density at radius 3 is 1.39 bits per heavy atom. The lowest BCUT2D eigenvalue weighted by atomic mass is 9.98. The van der Waals surface area contributed by atoms with Gasteiger partial charge in [-0.2, -0.15) is 0 Å². The van der Waals surface area contributed by atoms with Crippen molar-refractivity contribution >= 4 is 43.1 Å². The first-order chi connectivity index (χ1) is 22.5. The third kappa shape index (κ3) is 5.74. The van der Waals surface area contributed by atoms with E-state index in [4.69, 9.17) is 9.97 Å². The van der Waals surface area contributed by atoms with Gasteiger partial charge in [0.2, 0.25) is 0 Å². The van der Waals surface area contributed by atoms with Crippen LogP contribution in [0, 0.1) is 0 Å². The van der Waals surface area contributed by atoms with Gasteiger partial charge in [-0.1, -0.05) is 38.8 Å². The predicted molar refractivity (Wildman–Crippen MR) is 191 cm³/mol. The van der Waals surface area contributed by atoms with Crippen LogP contribution in [0.4, 0.5) is 0 Å². The highest BCUT2D eigenvalue weighted by atomic mass is 32.1. The number of benzene rings is 3. The summed E-state index contributed by atoms with van der Waals surface area (Å²) in [6, 6.07) is 23.9. The number of hydrogen-bond acceptors (Lipinski definition) is 8. The van der Waals surface area contributed by atoms with Gasteiger partial charge < -0.3 is 10.2 Å². The Morgan fingerprint density at radius 2 is 1.00 bits per heavy atom. The summed E-state index contributed by atoms with van der Waals surface area (Å²) >= 11 is 3.10. The second kappa shape index (κ2) is 13.0. The second-order valence-corrected chi connectivity index (χ2v) is 13.6. The summed E-state index contributed by atoms with van der Waals surface area (Å²) in [5.41, 5.74) is 8.21. The molecule has 0 radical (unpaired) electrons. The summed E-state index contributed by atoms with van der Waals surface area (Å²) in [7, 11) is 0. The van der Waals surface area contributed by atoms with Gasteiger partial charge in [-0.15, -0.1) is 22.7 Å². The molecule has 0 saturated heterocycles. The van der Waals surface area contributed by atoms with E-state index in [1.807, 2.05) is 36.4 Å². The fourth-order valence-electron chi connectivity index (χ4n) is 5.81. The lowest BCUT2D eigenvalue weighted by molar-refractivity contribution is 0.478. The molecule has 0 aliphatic heterocycles. The Bertz CT molecular complexity index is 2000. The average molecular weight is 643 g/mol. The number of nitrogens with zero attached hydrogens (tertiary/aromatic N) is 4. The van der Waals surface area contributed by atoms with Crippen LogP contribution in [0.1, 0.15) is 50.7 Å². The highest BCUT2D eigenvalue weighted by Crippen LogP contribution is 2.45. The molecule has 7 rings (SSSR count). The van der Waals surface area contributed by atoms with Crippen LogP contribution in [-0.4, -0.2) is 30.1 Å². The lowest BCUT2D eigenvalue weighted by Gasteiger charge is -2.12. The highest BCUT2D eigenvalue weighted by molar-refractivity contribution is 7.23. The summed E-state index contributed by atoms with van der Waals surface area (Å²) in [6.07, 6.45) is 9.60. The SMILES string of the molecule is CCCCc1cc(-c2ccccn2)c(O)c(-c2nc3c(ccc4sc(-c5cc(CCCC)cc(-c6ccccn6)c5O)nc43)s2)c1. The smallest absolute Gasteiger partial charge is 0.135 e. The zero-order valence-corrected chi connectivity index (χ0v) is 27.5. The molecule has 4 heterocycles. The third-order valence-electron chi connectivity index (χ3n) is 8.24. The van der Waals surface area contributed by atoms with Crippen molar-refractivity contribution in [3.63, 3.8) is 0 Å². The fraction of sp³-hybridized carbons (Fsp3) is 0.211. The van der Waals surface area contributed by atoms with E-state index in [2.05, 4.69) is 60.2 Å². The van der Waals surface area contributed by atoms with E-state index in [-0.39, 0.29) is 11.5 Å². The first-order valence-corrected chi connectivity index (χ1v) is 17.4. The molecular formula is C38H34N4O2S2. The molecular weight excluding hydrogens is 609 g/mol. The number of fused-ring (bicyclic) bond motifs is 3. The van der Waals surface area contributed by atoms with Crippen LogP contribution >= 0.6 is 22.7 Å². The van der Waals surface area contributed by atoms with Crippen LogP contribution in [-0.2, 0) is 12.8 Å². The van der Waals surface area contributed by atoms with Crippen molar-refractivity contribution in [2.75, 3.05) is 0 Å². The summed E-state index contributed by atoms with van der Waals surface area (Å²) in [5.74, 6) is 0.369. The maximum absolute atomic E-state index is 11.6. The number of aryl methyl sites for hydroxylation is 2. The van der Waals surface area contributed by atoms with Gasteiger partial charge in [0.15, 0.2) is 0 Å². The predicted octanol–water partition coefficient (Wildman–Crippen LogP) is 10.5. The number of aromatic nitrogens is 4. The second-order valence-electron chi connectivity index (χ2n) is 11.5. The number of phenolic OH excluding ortho intramolecular Hbond substituents is 2. The van der Waals surface area contributed by atoms with Crippen molar-refractivity contribution in [1.82, 2.24) is 19.9 Å². The minimum absolute atomic E-state index is 0.184. The molecule has 0 aliphatic carbocycles. The van der Waals surface area contributed by atoms with Gasteiger partial charge in [0.25, 0.3) is 0 Å². The molecule has 8 heteroatoms. The Kier molecular flexibility index (Phi) is 8.47. The van der Waals surface area contributed by atoms with Gasteiger partial charge in [0.05, 0.1) is 31.9 Å². The molecule has 0 spiro atoms. The number of aromatic hydroxyl groups is 2. The molecule has 0 amide bonds. The molecule has 6 nitrogen and oxygen atoms in total.